The summed E-state index contributed by atoms with van der Waals surface area (Å²) in [7, 11) is -4.53. The van der Waals surface area contributed by atoms with Gasteiger partial charge in [-0.1, -0.05) is 15.9 Å². The van der Waals surface area contributed by atoms with Crippen LogP contribution in [-0.2, 0) is 10.0 Å². The Bertz CT molecular complexity index is 1180. The average molecular weight is 470 g/mol. The normalized spacial score (nSPS) is 11.5. The molecule has 1 heterocycles. The average Bonchev–Trinajstić information content (AvgIpc) is 2.89. The first kappa shape index (κ1) is 20.2. The number of carbonyl (C=O) groups excluding carboxylic acids is 1. The summed E-state index contributed by atoms with van der Waals surface area (Å²) in [6.07, 6.45) is 0. The Hall–Kier alpha value is -2.59. The molecule has 2 aromatic carbocycles. The van der Waals surface area contributed by atoms with E-state index in [0.717, 1.165) is 16.6 Å². The van der Waals surface area contributed by atoms with Gasteiger partial charge in [-0.25, -0.2) is 26.6 Å². The molecule has 0 aliphatic rings. The molecule has 0 saturated carbocycles. The van der Waals surface area contributed by atoms with Crippen LogP contribution in [0.25, 0.3) is 5.69 Å². The lowest BCUT2D eigenvalue weighted by Crippen LogP contribution is -2.32. The molecule has 1 aromatic heterocycles. The Morgan fingerprint density at radius 3 is 2.36 bits per heavy atom. The van der Waals surface area contributed by atoms with Gasteiger partial charge in [-0.3, -0.25) is 4.79 Å². The maximum atomic E-state index is 13.8. The zero-order valence-electron chi connectivity index (χ0n) is 14.7. The van der Waals surface area contributed by atoms with Crippen molar-refractivity contribution in [1.29, 1.82) is 0 Å². The minimum absolute atomic E-state index is 0.0500. The van der Waals surface area contributed by atoms with E-state index in [1.54, 1.807) is 38.1 Å². The number of hydrogen-bond donors (Lipinski definition) is 1. The molecule has 1 amide bonds. The Morgan fingerprint density at radius 1 is 1.11 bits per heavy atom. The van der Waals surface area contributed by atoms with E-state index in [0.29, 0.717) is 23.1 Å². The standard InChI is InChI=1S/C18H14BrF2N3O3S/c1-10-17(11(2)24(22-10)14-6-3-12(19)4-7-14)18(25)23-28(26,27)16-8-5-13(20)9-15(16)21/h3-9H,1-2H3,(H,23,25). The number of aromatic nitrogens is 2. The van der Waals surface area contributed by atoms with Gasteiger partial charge in [0.2, 0.25) is 0 Å². The van der Waals surface area contributed by atoms with Crippen molar-refractivity contribution in [3.8, 4) is 5.69 Å². The van der Waals surface area contributed by atoms with Crippen LogP contribution in [0.15, 0.2) is 51.8 Å². The monoisotopic (exact) mass is 469 g/mol. The van der Waals surface area contributed by atoms with Gasteiger partial charge in [0.15, 0.2) is 0 Å². The molecule has 146 valence electrons. The lowest BCUT2D eigenvalue weighted by molar-refractivity contribution is 0.0980. The van der Waals surface area contributed by atoms with Crippen molar-refractivity contribution >= 4 is 31.9 Å². The highest BCUT2D eigenvalue weighted by Gasteiger charge is 2.26. The van der Waals surface area contributed by atoms with Crippen molar-refractivity contribution in [2.45, 2.75) is 18.7 Å². The molecule has 0 aliphatic carbocycles. The number of hydrogen-bond acceptors (Lipinski definition) is 4. The van der Waals surface area contributed by atoms with Gasteiger partial charge in [0.1, 0.15) is 16.5 Å². The molecule has 28 heavy (non-hydrogen) atoms. The summed E-state index contributed by atoms with van der Waals surface area (Å²) in [5.74, 6) is -3.17. The number of nitrogens with zero attached hydrogens (tertiary/aromatic N) is 2. The third kappa shape index (κ3) is 3.83. The molecule has 0 bridgehead atoms. The van der Waals surface area contributed by atoms with Crippen molar-refractivity contribution in [1.82, 2.24) is 14.5 Å². The van der Waals surface area contributed by atoms with Crippen molar-refractivity contribution in [3.05, 3.63) is 75.5 Å². The number of halogens is 3. The first-order valence-electron chi connectivity index (χ1n) is 7.94. The van der Waals surface area contributed by atoms with Gasteiger partial charge >= 0.3 is 0 Å². The summed E-state index contributed by atoms with van der Waals surface area (Å²) in [4.78, 5) is 11.8. The molecule has 0 atom stereocenters. The summed E-state index contributed by atoms with van der Waals surface area (Å²) >= 11 is 3.33. The van der Waals surface area contributed by atoms with Gasteiger partial charge in [-0.15, -0.1) is 0 Å². The lowest BCUT2D eigenvalue weighted by atomic mass is 10.2. The van der Waals surface area contributed by atoms with Crippen LogP contribution in [0.2, 0.25) is 0 Å². The highest BCUT2D eigenvalue weighted by Crippen LogP contribution is 2.21. The molecule has 0 aliphatic heterocycles. The molecular weight excluding hydrogens is 456 g/mol. The summed E-state index contributed by atoms with van der Waals surface area (Å²) in [5.41, 5.74) is 1.43. The van der Waals surface area contributed by atoms with Crippen LogP contribution < -0.4 is 4.72 Å². The maximum Gasteiger partial charge on any atom is 0.268 e. The highest BCUT2D eigenvalue weighted by atomic mass is 79.9. The first-order chi connectivity index (χ1) is 13.1. The van der Waals surface area contributed by atoms with Crippen LogP contribution in [0.5, 0.6) is 0 Å². The number of benzene rings is 2. The molecule has 0 unspecified atom stereocenters. The predicted molar refractivity (Wildman–Crippen MR) is 102 cm³/mol. The van der Waals surface area contributed by atoms with Crippen LogP contribution in [0.4, 0.5) is 8.78 Å². The van der Waals surface area contributed by atoms with Crippen molar-refractivity contribution in [3.63, 3.8) is 0 Å². The number of carbonyl (C=O) groups is 1. The first-order valence-corrected chi connectivity index (χ1v) is 10.2. The number of nitrogens with one attached hydrogen (secondary N) is 1. The molecule has 0 fully saturated rings. The van der Waals surface area contributed by atoms with E-state index in [9.17, 15) is 22.0 Å². The Morgan fingerprint density at radius 2 is 1.75 bits per heavy atom. The largest absolute Gasteiger partial charge is 0.268 e. The van der Waals surface area contributed by atoms with E-state index in [1.165, 1.54) is 4.68 Å². The van der Waals surface area contributed by atoms with Crippen molar-refractivity contribution in [2.75, 3.05) is 0 Å². The molecule has 0 saturated heterocycles. The van der Waals surface area contributed by atoms with Crippen molar-refractivity contribution < 1.29 is 22.0 Å². The highest BCUT2D eigenvalue weighted by molar-refractivity contribution is 9.10. The number of aryl methyl sites for hydroxylation is 1. The molecule has 3 rings (SSSR count). The van der Waals surface area contributed by atoms with E-state index >= 15 is 0 Å². The van der Waals surface area contributed by atoms with Crippen LogP contribution in [0, 0.1) is 25.5 Å². The van der Waals surface area contributed by atoms with E-state index in [-0.39, 0.29) is 5.56 Å². The third-order valence-corrected chi connectivity index (χ3v) is 5.89. The van der Waals surface area contributed by atoms with Gasteiger partial charge in [0.25, 0.3) is 15.9 Å². The van der Waals surface area contributed by atoms with E-state index in [2.05, 4.69) is 21.0 Å². The second kappa shape index (κ2) is 7.44. The predicted octanol–water partition coefficient (Wildman–Crippen LogP) is 3.65. The number of rotatable bonds is 4. The minimum atomic E-state index is -4.53. The third-order valence-electron chi connectivity index (χ3n) is 4.00. The van der Waals surface area contributed by atoms with Crippen LogP contribution in [-0.4, -0.2) is 24.1 Å². The van der Waals surface area contributed by atoms with Gasteiger partial charge in [0.05, 0.1) is 22.6 Å². The molecule has 1 N–H and O–H groups in total. The Balaban J connectivity index is 1.96. The zero-order chi connectivity index (χ0) is 20.6. The smallest absolute Gasteiger partial charge is 0.268 e. The van der Waals surface area contributed by atoms with Gasteiger partial charge in [0, 0.05) is 10.5 Å². The quantitative estimate of drug-likeness (QED) is 0.632. The summed E-state index contributed by atoms with van der Waals surface area (Å²) in [5, 5.41) is 4.29. The second-order valence-electron chi connectivity index (χ2n) is 5.94. The number of sulfonamides is 1. The topological polar surface area (TPSA) is 81.1 Å². The molecule has 0 spiro atoms. The summed E-state index contributed by atoms with van der Waals surface area (Å²) in [6, 6.07) is 9.13. The van der Waals surface area contributed by atoms with Crippen molar-refractivity contribution in [2.24, 2.45) is 0 Å². The molecule has 10 heteroatoms. The molecular formula is C18H14BrF2N3O3S. The fourth-order valence-electron chi connectivity index (χ4n) is 2.73. The van der Waals surface area contributed by atoms with Crippen LogP contribution >= 0.6 is 15.9 Å². The maximum absolute atomic E-state index is 13.8. The molecule has 0 radical (unpaired) electrons. The fraction of sp³-hybridized carbons (Fsp3) is 0.111. The van der Waals surface area contributed by atoms with E-state index < -0.39 is 32.5 Å². The molecule has 6 nitrogen and oxygen atoms in total. The Labute approximate surface area is 168 Å². The van der Waals surface area contributed by atoms with E-state index in [4.69, 9.17) is 0 Å². The Kier molecular flexibility index (Phi) is 5.35. The minimum Gasteiger partial charge on any atom is -0.268 e. The number of amides is 1. The lowest BCUT2D eigenvalue weighted by Gasteiger charge is -2.09. The summed E-state index contributed by atoms with van der Waals surface area (Å²) < 4.78 is 55.7. The van der Waals surface area contributed by atoms with Gasteiger partial charge in [-0.05, 0) is 50.2 Å². The van der Waals surface area contributed by atoms with Gasteiger partial charge < -0.3 is 0 Å². The van der Waals surface area contributed by atoms with Crippen LogP contribution in [0.3, 0.4) is 0 Å². The van der Waals surface area contributed by atoms with E-state index in [1.807, 2.05) is 4.72 Å². The van der Waals surface area contributed by atoms with Crippen LogP contribution in [0.1, 0.15) is 21.7 Å². The SMILES string of the molecule is Cc1nn(-c2ccc(Br)cc2)c(C)c1C(=O)NS(=O)(=O)c1ccc(F)cc1F. The second-order valence-corrected chi connectivity index (χ2v) is 8.51. The fourth-order valence-corrected chi connectivity index (χ4v) is 4.01. The zero-order valence-corrected chi connectivity index (χ0v) is 17.1. The molecule has 3 aromatic rings. The van der Waals surface area contributed by atoms with Gasteiger partial charge in [-0.2, -0.15) is 5.10 Å². The summed E-state index contributed by atoms with van der Waals surface area (Å²) in [6.45, 7) is 3.17.